The molecule has 17 unspecified atom stereocenters. The monoisotopic (exact) mass is 1330 g/mol. The molecule has 3 aliphatic rings. The van der Waals surface area contributed by atoms with Crippen molar-refractivity contribution in [3.05, 3.63) is 122 Å². The van der Waals surface area contributed by atoms with Crippen LogP contribution in [0.3, 0.4) is 0 Å². The number of hydrogen-bond acceptors (Lipinski definition) is 18. The van der Waals surface area contributed by atoms with Gasteiger partial charge in [0.05, 0.1) is 38.6 Å². The number of nitrogens with one attached hydrogen (secondary N) is 1. The molecule has 3 heterocycles. The van der Waals surface area contributed by atoms with Gasteiger partial charge >= 0.3 is 0 Å². The van der Waals surface area contributed by atoms with Crippen molar-refractivity contribution in [2.24, 2.45) is 0 Å². The predicted molar refractivity (Wildman–Crippen MR) is 369 cm³/mol. The Labute approximate surface area is 563 Å². The Morgan fingerprint density at radius 3 is 1.15 bits per heavy atom. The molecule has 3 saturated heterocycles. The Morgan fingerprint density at radius 2 is 0.734 bits per heavy atom. The first kappa shape index (κ1) is 84.4. The summed E-state index contributed by atoms with van der Waals surface area (Å²) in [6.45, 7) is 1.54. The minimum absolute atomic E-state index is 0.235. The minimum Gasteiger partial charge on any atom is -0.394 e. The molecule has 0 aliphatic carbocycles. The highest BCUT2D eigenvalue weighted by Gasteiger charge is 2.53. The van der Waals surface area contributed by atoms with Crippen molar-refractivity contribution in [1.29, 1.82) is 0 Å². The molecule has 0 aromatic heterocycles. The number of carbonyl (C=O) groups excluding carboxylic acids is 1. The fourth-order valence-electron chi connectivity index (χ4n) is 11.2. The maximum Gasteiger partial charge on any atom is 0.220 e. The van der Waals surface area contributed by atoms with Gasteiger partial charge in [-0.1, -0.05) is 238 Å². The SMILES string of the molecule is CC/C=C\C/C=C\C/C=C\C/C=C\C/C=C\C/C=C\C/C=C\C/C=C\C/C=C\CCCCCCCCCCCCCCCC(=O)NC(COC1OC(CO)C(OC2OC(CO)C(OC3OC(CO)C(O)C(O)C3O)C(O)C2O)C(O)C1O)C(O)/C=C/CCCCCCCC. The lowest BCUT2D eigenvalue weighted by Gasteiger charge is -2.48. The second-order valence-electron chi connectivity index (χ2n) is 25.0. The smallest absolute Gasteiger partial charge is 0.220 e. The van der Waals surface area contributed by atoms with Gasteiger partial charge in [0.25, 0.3) is 0 Å². The number of amides is 1. The zero-order valence-corrected chi connectivity index (χ0v) is 56.9. The number of ether oxygens (including phenoxy) is 6. The van der Waals surface area contributed by atoms with E-state index in [2.05, 4.69) is 129 Å². The molecule has 1 amide bonds. The maximum absolute atomic E-state index is 13.3. The number of allylic oxidation sites excluding steroid dienone is 19. The van der Waals surface area contributed by atoms with Crippen LogP contribution in [0.4, 0.5) is 0 Å². The number of aliphatic hydroxyl groups is 11. The highest BCUT2D eigenvalue weighted by molar-refractivity contribution is 5.76. The summed E-state index contributed by atoms with van der Waals surface area (Å²) >= 11 is 0. The molecule has 19 heteroatoms. The van der Waals surface area contributed by atoms with Gasteiger partial charge in [0.1, 0.15) is 73.2 Å². The summed E-state index contributed by atoms with van der Waals surface area (Å²) in [5, 5.41) is 120. The second kappa shape index (κ2) is 55.1. The fourth-order valence-corrected chi connectivity index (χ4v) is 11.2. The van der Waals surface area contributed by atoms with Crippen LogP contribution in [-0.2, 0) is 33.2 Å². The van der Waals surface area contributed by atoms with Crippen LogP contribution >= 0.6 is 0 Å². The van der Waals surface area contributed by atoms with E-state index in [1.54, 1.807) is 6.08 Å². The first-order valence-electron chi connectivity index (χ1n) is 35.8. The number of aliphatic hydroxyl groups excluding tert-OH is 11. The summed E-state index contributed by atoms with van der Waals surface area (Å²) in [7, 11) is 0. The molecule has 94 heavy (non-hydrogen) atoms. The molecule has 19 nitrogen and oxygen atoms in total. The van der Waals surface area contributed by atoms with E-state index in [0.717, 1.165) is 122 Å². The third-order valence-electron chi connectivity index (χ3n) is 17.0. The first-order chi connectivity index (χ1) is 45.8. The predicted octanol–water partition coefficient (Wildman–Crippen LogP) is 9.99. The molecular weight excluding hydrogens is 1200 g/mol. The van der Waals surface area contributed by atoms with E-state index in [0.29, 0.717) is 6.42 Å². The van der Waals surface area contributed by atoms with Crippen LogP contribution in [-0.4, -0.2) is 193 Å². The number of unbranched alkanes of at least 4 members (excludes halogenated alkanes) is 19. The third-order valence-corrected chi connectivity index (χ3v) is 17.0. The van der Waals surface area contributed by atoms with Crippen molar-refractivity contribution >= 4 is 5.91 Å². The molecule has 3 fully saturated rings. The topological polar surface area (TPSA) is 307 Å². The van der Waals surface area contributed by atoms with E-state index in [1.807, 2.05) is 6.08 Å². The zero-order valence-electron chi connectivity index (χ0n) is 56.9. The van der Waals surface area contributed by atoms with Crippen molar-refractivity contribution in [3.8, 4) is 0 Å². The van der Waals surface area contributed by atoms with Crippen LogP contribution in [0, 0.1) is 0 Å². The summed E-state index contributed by atoms with van der Waals surface area (Å²) in [5.74, 6) is -0.285. The van der Waals surface area contributed by atoms with Crippen LogP contribution in [0.1, 0.15) is 213 Å². The summed E-state index contributed by atoms with van der Waals surface area (Å²) in [4.78, 5) is 13.3. The molecule has 12 N–H and O–H groups in total. The van der Waals surface area contributed by atoms with Crippen LogP contribution in [0.2, 0.25) is 0 Å². The van der Waals surface area contributed by atoms with E-state index in [4.69, 9.17) is 28.4 Å². The lowest BCUT2D eigenvalue weighted by molar-refractivity contribution is -0.379. The van der Waals surface area contributed by atoms with E-state index < -0.39 is 124 Å². The van der Waals surface area contributed by atoms with Crippen LogP contribution in [0.25, 0.3) is 0 Å². The molecule has 17 atom stereocenters. The second-order valence-corrected chi connectivity index (χ2v) is 25.0. The summed E-state index contributed by atoms with van der Waals surface area (Å²) in [6.07, 6.45) is 49.5. The molecule has 0 spiro atoms. The Kier molecular flexibility index (Phi) is 49.5. The van der Waals surface area contributed by atoms with Crippen molar-refractivity contribution in [3.63, 3.8) is 0 Å². The van der Waals surface area contributed by atoms with Gasteiger partial charge in [-0.15, -0.1) is 0 Å². The molecule has 538 valence electrons. The summed E-state index contributed by atoms with van der Waals surface area (Å²) in [5.41, 5.74) is 0. The highest BCUT2D eigenvalue weighted by Crippen LogP contribution is 2.33. The largest absolute Gasteiger partial charge is 0.394 e. The first-order valence-corrected chi connectivity index (χ1v) is 35.8. The van der Waals surface area contributed by atoms with Gasteiger partial charge in [-0.3, -0.25) is 4.79 Å². The summed E-state index contributed by atoms with van der Waals surface area (Å²) in [6, 6.07) is -0.978. The van der Waals surface area contributed by atoms with Gasteiger partial charge in [-0.2, -0.15) is 0 Å². The van der Waals surface area contributed by atoms with E-state index >= 15 is 0 Å². The number of carbonyl (C=O) groups is 1. The van der Waals surface area contributed by atoms with Gasteiger partial charge < -0.3 is 89.9 Å². The van der Waals surface area contributed by atoms with Gasteiger partial charge in [0.2, 0.25) is 5.91 Å². The Hall–Kier alpha value is -3.81. The van der Waals surface area contributed by atoms with E-state index in [9.17, 15) is 61.0 Å². The van der Waals surface area contributed by atoms with Crippen molar-refractivity contribution < 1.29 is 89.4 Å². The third kappa shape index (κ3) is 36.1. The molecule has 0 aromatic carbocycles. The fraction of sp³-hybridized carbons (Fsp3) is 0.720. The molecular formula is C75H125NO18. The standard InChI is InChI=1S/C75H125NO18/c1-3-5-7-9-11-13-14-15-16-17-18-19-20-21-22-23-24-25-26-27-28-29-30-31-32-33-34-35-36-37-38-39-40-41-42-43-44-45-47-49-51-53-63(81)76-58(59(80)52-50-48-46-12-10-8-6-4-2)57-89-73-69(87)66(84)71(61(55-78)91-73)94-75-70(88)67(85)72(62(56-79)92-75)93-74-68(86)65(83)64(82)60(54-77)90-74/h5,7,11,13,15-16,18-19,21-22,24-25,27-28,30-31,33-34,50,52,58-62,64-75,77-80,82-88H,3-4,6,8-10,12,14,17,20,23,26,29,32,35-49,51,53-57H2,1-2H3,(H,76,81)/b7-5-,13-11-,16-15-,19-18-,22-21-,25-24-,28-27-,31-30-,34-33-,52-50+. The van der Waals surface area contributed by atoms with Gasteiger partial charge in [0, 0.05) is 6.42 Å². The Morgan fingerprint density at radius 1 is 0.394 bits per heavy atom. The van der Waals surface area contributed by atoms with Gasteiger partial charge in [-0.05, 0) is 89.9 Å². The van der Waals surface area contributed by atoms with Gasteiger partial charge in [-0.25, -0.2) is 0 Å². The quantitative estimate of drug-likeness (QED) is 0.0199. The maximum atomic E-state index is 13.3. The van der Waals surface area contributed by atoms with Gasteiger partial charge in [0.15, 0.2) is 18.9 Å². The average molecular weight is 1330 g/mol. The van der Waals surface area contributed by atoms with Crippen LogP contribution in [0.5, 0.6) is 0 Å². The lowest BCUT2D eigenvalue weighted by atomic mass is 9.96. The highest BCUT2D eigenvalue weighted by atomic mass is 16.8. The van der Waals surface area contributed by atoms with Crippen molar-refractivity contribution in [1.82, 2.24) is 5.32 Å². The Bertz CT molecular complexity index is 2180. The molecule has 3 rings (SSSR count). The van der Waals surface area contributed by atoms with E-state index in [-0.39, 0.29) is 18.9 Å². The van der Waals surface area contributed by atoms with Crippen LogP contribution in [0.15, 0.2) is 122 Å². The molecule has 0 bridgehead atoms. The molecule has 3 aliphatic heterocycles. The number of rotatable bonds is 53. The molecule has 0 aromatic rings. The lowest BCUT2D eigenvalue weighted by Crippen LogP contribution is -2.66. The van der Waals surface area contributed by atoms with Crippen molar-refractivity contribution in [2.45, 2.75) is 317 Å². The van der Waals surface area contributed by atoms with Crippen LogP contribution < -0.4 is 5.32 Å². The van der Waals surface area contributed by atoms with E-state index in [1.165, 1.54) is 64.2 Å². The normalized spacial score (nSPS) is 28.1. The number of hydrogen-bond donors (Lipinski definition) is 12. The summed E-state index contributed by atoms with van der Waals surface area (Å²) < 4.78 is 34.2. The zero-order chi connectivity index (χ0) is 68.2. The van der Waals surface area contributed by atoms with Crippen molar-refractivity contribution in [2.75, 3.05) is 26.4 Å². The Balaban J connectivity index is 1.27. The average Bonchev–Trinajstić information content (AvgIpc) is 0.834. The molecule has 0 radical (unpaired) electrons. The minimum atomic E-state index is -1.98. The molecule has 0 saturated carbocycles.